The molecule has 0 aliphatic carbocycles. The van der Waals surface area contributed by atoms with Crippen LogP contribution in [0.15, 0.2) is 30.3 Å². The first-order valence-electron chi connectivity index (χ1n) is 6.44. The second kappa shape index (κ2) is 6.52. The first-order valence-corrected chi connectivity index (χ1v) is 6.85. The third-order valence-electron chi connectivity index (χ3n) is 3.02. The van der Waals surface area contributed by atoms with Gasteiger partial charge in [0.2, 0.25) is 0 Å². The SMILES string of the molecule is C[C@@H]1C[C@H](NC(=S)NCCc2ccccc2)C(=O)O1. The molecule has 0 bridgehead atoms. The van der Waals surface area contributed by atoms with Crippen molar-refractivity contribution in [3.63, 3.8) is 0 Å². The molecule has 0 amide bonds. The Balaban J connectivity index is 1.69. The number of benzene rings is 1. The molecule has 1 aliphatic rings. The second-order valence-corrected chi connectivity index (χ2v) is 5.08. The van der Waals surface area contributed by atoms with Crippen LogP contribution in [0.1, 0.15) is 18.9 Å². The quantitative estimate of drug-likeness (QED) is 0.644. The summed E-state index contributed by atoms with van der Waals surface area (Å²) in [6.45, 7) is 2.62. The summed E-state index contributed by atoms with van der Waals surface area (Å²) in [6.07, 6.45) is 1.53. The zero-order valence-electron chi connectivity index (χ0n) is 10.9. The number of cyclic esters (lactones) is 1. The van der Waals surface area contributed by atoms with Crippen LogP contribution < -0.4 is 10.6 Å². The van der Waals surface area contributed by atoms with Crippen LogP contribution >= 0.6 is 12.2 Å². The largest absolute Gasteiger partial charge is 0.461 e. The van der Waals surface area contributed by atoms with Gasteiger partial charge in [0.15, 0.2) is 5.11 Å². The summed E-state index contributed by atoms with van der Waals surface area (Å²) < 4.78 is 5.06. The molecule has 1 aliphatic heterocycles. The molecule has 1 fully saturated rings. The summed E-state index contributed by atoms with van der Waals surface area (Å²) in [7, 11) is 0. The Labute approximate surface area is 118 Å². The molecule has 2 rings (SSSR count). The Hall–Kier alpha value is -1.62. The van der Waals surface area contributed by atoms with Gasteiger partial charge in [-0.3, -0.25) is 0 Å². The molecule has 2 N–H and O–H groups in total. The van der Waals surface area contributed by atoms with Crippen LogP contribution in [0, 0.1) is 0 Å². The van der Waals surface area contributed by atoms with Gasteiger partial charge in [0.05, 0.1) is 0 Å². The zero-order valence-corrected chi connectivity index (χ0v) is 11.7. The lowest BCUT2D eigenvalue weighted by Crippen LogP contribution is -2.44. The predicted octanol–water partition coefficient (Wildman–Crippen LogP) is 1.40. The number of carbonyl (C=O) groups excluding carboxylic acids is 1. The molecule has 2 atom stereocenters. The maximum atomic E-state index is 11.4. The van der Waals surface area contributed by atoms with E-state index in [1.807, 2.05) is 25.1 Å². The number of ether oxygens (including phenoxy) is 1. The molecule has 1 aromatic rings. The molecule has 5 heteroatoms. The molecule has 1 aromatic carbocycles. The van der Waals surface area contributed by atoms with E-state index in [1.165, 1.54) is 5.56 Å². The summed E-state index contributed by atoms with van der Waals surface area (Å²) in [4.78, 5) is 11.4. The molecule has 0 saturated carbocycles. The highest BCUT2D eigenvalue weighted by Gasteiger charge is 2.32. The fraction of sp³-hybridized carbons (Fsp3) is 0.429. The van der Waals surface area contributed by atoms with E-state index in [0.29, 0.717) is 11.5 Å². The highest BCUT2D eigenvalue weighted by Crippen LogP contribution is 2.13. The second-order valence-electron chi connectivity index (χ2n) is 4.67. The molecule has 0 unspecified atom stereocenters. The average Bonchev–Trinajstić information content (AvgIpc) is 2.69. The fourth-order valence-electron chi connectivity index (χ4n) is 2.05. The summed E-state index contributed by atoms with van der Waals surface area (Å²) in [5.41, 5.74) is 1.26. The van der Waals surface area contributed by atoms with Gasteiger partial charge in [-0.1, -0.05) is 30.3 Å². The number of hydrogen-bond donors (Lipinski definition) is 2. The standard InChI is InChI=1S/C14H18N2O2S/c1-10-9-12(13(17)18-10)16-14(19)15-8-7-11-5-3-2-4-6-11/h2-6,10,12H,7-9H2,1H3,(H2,15,16,19)/t10-,12+/m1/s1. The highest BCUT2D eigenvalue weighted by molar-refractivity contribution is 7.80. The van der Waals surface area contributed by atoms with E-state index in [-0.39, 0.29) is 18.1 Å². The van der Waals surface area contributed by atoms with E-state index in [4.69, 9.17) is 17.0 Å². The lowest BCUT2D eigenvalue weighted by Gasteiger charge is -2.13. The Morgan fingerprint density at radius 1 is 1.42 bits per heavy atom. The van der Waals surface area contributed by atoms with Crippen LogP contribution in [0.5, 0.6) is 0 Å². The minimum atomic E-state index is -0.313. The molecular formula is C14H18N2O2S. The van der Waals surface area contributed by atoms with Crippen molar-refractivity contribution < 1.29 is 9.53 Å². The van der Waals surface area contributed by atoms with Gasteiger partial charge in [-0.05, 0) is 31.1 Å². The fourth-order valence-corrected chi connectivity index (χ4v) is 2.29. The van der Waals surface area contributed by atoms with Crippen LogP contribution in [0.4, 0.5) is 0 Å². The van der Waals surface area contributed by atoms with Crippen molar-refractivity contribution in [1.82, 2.24) is 10.6 Å². The van der Waals surface area contributed by atoms with Crippen LogP contribution in [-0.4, -0.2) is 29.8 Å². The van der Waals surface area contributed by atoms with Crippen LogP contribution in [0.3, 0.4) is 0 Å². The molecule has 1 saturated heterocycles. The van der Waals surface area contributed by atoms with Crippen molar-refractivity contribution >= 4 is 23.3 Å². The molecule has 0 radical (unpaired) electrons. The number of carbonyl (C=O) groups is 1. The third-order valence-corrected chi connectivity index (χ3v) is 3.28. The van der Waals surface area contributed by atoms with Gasteiger partial charge >= 0.3 is 5.97 Å². The van der Waals surface area contributed by atoms with Gasteiger partial charge in [0.25, 0.3) is 0 Å². The van der Waals surface area contributed by atoms with Gasteiger partial charge in [0.1, 0.15) is 12.1 Å². The summed E-state index contributed by atoms with van der Waals surface area (Å²) in [6, 6.07) is 9.87. The number of rotatable bonds is 4. The summed E-state index contributed by atoms with van der Waals surface area (Å²) in [5, 5.41) is 6.60. The van der Waals surface area contributed by atoms with Gasteiger partial charge in [-0.15, -0.1) is 0 Å². The third kappa shape index (κ3) is 4.21. The van der Waals surface area contributed by atoms with Crippen molar-refractivity contribution in [2.45, 2.75) is 31.9 Å². The molecule has 0 spiro atoms. The van der Waals surface area contributed by atoms with Crippen molar-refractivity contribution in [3.05, 3.63) is 35.9 Å². The highest BCUT2D eigenvalue weighted by atomic mass is 32.1. The average molecular weight is 278 g/mol. The maximum absolute atomic E-state index is 11.4. The first kappa shape index (κ1) is 13.8. The lowest BCUT2D eigenvalue weighted by atomic mass is 10.1. The Kier molecular flexibility index (Phi) is 4.74. The minimum Gasteiger partial charge on any atom is -0.461 e. The van der Waals surface area contributed by atoms with E-state index >= 15 is 0 Å². The topological polar surface area (TPSA) is 50.4 Å². The summed E-state index contributed by atoms with van der Waals surface area (Å²) in [5.74, 6) is -0.222. The van der Waals surface area contributed by atoms with Crippen molar-refractivity contribution in [2.75, 3.05) is 6.54 Å². The van der Waals surface area contributed by atoms with Gasteiger partial charge in [-0.25, -0.2) is 4.79 Å². The van der Waals surface area contributed by atoms with E-state index in [0.717, 1.165) is 13.0 Å². The minimum absolute atomic E-state index is 0.0304. The Bertz CT molecular complexity index is 450. The summed E-state index contributed by atoms with van der Waals surface area (Å²) >= 11 is 5.17. The van der Waals surface area contributed by atoms with E-state index < -0.39 is 0 Å². The molecule has 0 aromatic heterocycles. The van der Waals surface area contributed by atoms with Gasteiger partial charge < -0.3 is 15.4 Å². The van der Waals surface area contributed by atoms with E-state index in [9.17, 15) is 4.79 Å². The van der Waals surface area contributed by atoms with Crippen molar-refractivity contribution in [1.29, 1.82) is 0 Å². The number of esters is 1. The van der Waals surface area contributed by atoms with Crippen molar-refractivity contribution in [2.24, 2.45) is 0 Å². The molecule has 19 heavy (non-hydrogen) atoms. The van der Waals surface area contributed by atoms with Crippen LogP contribution in [0.2, 0.25) is 0 Å². The molecule has 102 valence electrons. The van der Waals surface area contributed by atoms with E-state index in [1.54, 1.807) is 0 Å². The molecule has 4 nitrogen and oxygen atoms in total. The number of nitrogens with one attached hydrogen (secondary N) is 2. The van der Waals surface area contributed by atoms with Gasteiger partial charge in [-0.2, -0.15) is 0 Å². The smallest absolute Gasteiger partial charge is 0.329 e. The van der Waals surface area contributed by atoms with Crippen LogP contribution in [-0.2, 0) is 16.0 Å². The Morgan fingerprint density at radius 3 is 2.79 bits per heavy atom. The van der Waals surface area contributed by atoms with Crippen LogP contribution in [0.25, 0.3) is 0 Å². The first-order chi connectivity index (χ1) is 9.15. The predicted molar refractivity (Wildman–Crippen MR) is 77.8 cm³/mol. The number of thiocarbonyl (C=S) groups is 1. The molecule has 1 heterocycles. The zero-order chi connectivity index (χ0) is 13.7. The number of hydrogen-bond acceptors (Lipinski definition) is 3. The Morgan fingerprint density at radius 2 is 2.16 bits per heavy atom. The normalized spacial score (nSPS) is 21.8. The lowest BCUT2D eigenvalue weighted by molar-refractivity contribution is -0.142. The van der Waals surface area contributed by atoms with Gasteiger partial charge in [0, 0.05) is 13.0 Å². The van der Waals surface area contributed by atoms with E-state index in [2.05, 4.69) is 22.8 Å². The molecular weight excluding hydrogens is 260 g/mol. The monoisotopic (exact) mass is 278 g/mol. The maximum Gasteiger partial charge on any atom is 0.329 e. The van der Waals surface area contributed by atoms with Crippen molar-refractivity contribution in [3.8, 4) is 0 Å².